The molecule has 1 aliphatic carbocycles. The highest BCUT2D eigenvalue weighted by molar-refractivity contribution is 5.12. The van der Waals surface area contributed by atoms with Crippen LogP contribution in [0.5, 0.6) is 0 Å². The van der Waals surface area contributed by atoms with E-state index in [0.717, 1.165) is 24.6 Å². The molecular formula is C9H15N3O. The average Bonchev–Trinajstić information content (AvgIpc) is 2.62. The van der Waals surface area contributed by atoms with E-state index >= 15 is 0 Å². The Balaban J connectivity index is 2.09. The summed E-state index contributed by atoms with van der Waals surface area (Å²) in [5.41, 5.74) is 5.81. The van der Waals surface area contributed by atoms with Crippen LogP contribution in [0, 0.1) is 0 Å². The number of hydrogen-bond acceptors (Lipinski definition) is 4. The van der Waals surface area contributed by atoms with E-state index < -0.39 is 0 Å². The lowest BCUT2D eigenvalue weighted by atomic mass is 10.1. The molecule has 2 rings (SSSR count). The molecule has 1 aliphatic rings. The van der Waals surface area contributed by atoms with Gasteiger partial charge in [-0.2, -0.15) is 4.98 Å². The highest BCUT2D eigenvalue weighted by atomic mass is 16.5. The Kier molecular flexibility index (Phi) is 1.87. The predicted octanol–water partition coefficient (Wildman–Crippen LogP) is 1.01. The summed E-state index contributed by atoms with van der Waals surface area (Å²) < 4.78 is 5.18. The topological polar surface area (TPSA) is 64.9 Å². The van der Waals surface area contributed by atoms with Gasteiger partial charge in [-0.3, -0.25) is 0 Å². The molecule has 1 fully saturated rings. The van der Waals surface area contributed by atoms with Crippen LogP contribution in [0.4, 0.5) is 0 Å². The smallest absolute Gasteiger partial charge is 0.232 e. The molecule has 0 amide bonds. The zero-order valence-corrected chi connectivity index (χ0v) is 8.08. The van der Waals surface area contributed by atoms with E-state index in [-0.39, 0.29) is 11.5 Å². The van der Waals surface area contributed by atoms with E-state index in [1.807, 2.05) is 6.92 Å². The van der Waals surface area contributed by atoms with Gasteiger partial charge in [0.25, 0.3) is 0 Å². The molecule has 1 aromatic heterocycles. The normalized spacial score (nSPS) is 21.5. The molecule has 1 atom stereocenters. The monoisotopic (exact) mass is 181 g/mol. The molecule has 4 heteroatoms. The van der Waals surface area contributed by atoms with Crippen molar-refractivity contribution in [2.24, 2.45) is 5.73 Å². The molecule has 0 bridgehead atoms. The average molecular weight is 181 g/mol. The molecule has 1 unspecified atom stereocenters. The molecule has 4 nitrogen and oxygen atoms in total. The second-order valence-electron chi connectivity index (χ2n) is 4.26. The summed E-state index contributed by atoms with van der Waals surface area (Å²) in [6.07, 6.45) is 3.01. The quantitative estimate of drug-likeness (QED) is 0.755. The number of aromatic nitrogens is 2. The van der Waals surface area contributed by atoms with Gasteiger partial charge in [-0.15, -0.1) is 0 Å². The number of hydrogen-bond donors (Lipinski definition) is 1. The van der Waals surface area contributed by atoms with Crippen LogP contribution in [0.25, 0.3) is 0 Å². The molecule has 72 valence electrons. The summed E-state index contributed by atoms with van der Waals surface area (Å²) in [5, 5.41) is 3.90. The van der Waals surface area contributed by atoms with Gasteiger partial charge in [-0.05, 0) is 19.8 Å². The van der Waals surface area contributed by atoms with Crippen LogP contribution in [0.3, 0.4) is 0 Å². The van der Waals surface area contributed by atoms with Crippen molar-refractivity contribution in [3.05, 3.63) is 11.7 Å². The Hall–Kier alpha value is -0.900. The van der Waals surface area contributed by atoms with Crippen LogP contribution in [-0.4, -0.2) is 16.2 Å². The summed E-state index contributed by atoms with van der Waals surface area (Å²) >= 11 is 0. The van der Waals surface area contributed by atoms with Crippen molar-refractivity contribution in [2.45, 2.75) is 44.6 Å². The van der Waals surface area contributed by atoms with Crippen molar-refractivity contribution >= 4 is 0 Å². The Bertz CT molecular complexity index is 302. The first-order valence-corrected chi connectivity index (χ1v) is 4.69. The Labute approximate surface area is 77.5 Å². The largest absolute Gasteiger partial charge is 0.339 e. The number of nitrogens with two attached hydrogens (primary N) is 1. The van der Waals surface area contributed by atoms with Crippen LogP contribution in [0.2, 0.25) is 0 Å². The van der Waals surface area contributed by atoms with Crippen molar-refractivity contribution in [3.63, 3.8) is 0 Å². The van der Waals surface area contributed by atoms with Crippen molar-refractivity contribution < 1.29 is 4.52 Å². The fourth-order valence-corrected chi connectivity index (χ4v) is 1.27. The minimum Gasteiger partial charge on any atom is -0.339 e. The Morgan fingerprint density at radius 1 is 1.62 bits per heavy atom. The second kappa shape index (κ2) is 2.80. The minimum atomic E-state index is 0.0949. The summed E-state index contributed by atoms with van der Waals surface area (Å²) in [7, 11) is 0. The molecule has 0 radical (unpaired) electrons. The Morgan fingerprint density at radius 3 is 2.85 bits per heavy atom. The lowest BCUT2D eigenvalue weighted by molar-refractivity contribution is 0.348. The third-order valence-corrected chi connectivity index (χ3v) is 2.49. The first kappa shape index (κ1) is 8.69. The lowest BCUT2D eigenvalue weighted by Crippen LogP contribution is -2.18. The molecule has 0 aliphatic heterocycles. The third kappa shape index (κ3) is 1.72. The number of rotatable bonds is 3. The van der Waals surface area contributed by atoms with Gasteiger partial charge in [0, 0.05) is 17.9 Å². The van der Waals surface area contributed by atoms with E-state index in [9.17, 15) is 0 Å². The van der Waals surface area contributed by atoms with Crippen LogP contribution in [0.15, 0.2) is 4.52 Å². The predicted molar refractivity (Wildman–Crippen MR) is 48.2 cm³/mol. The minimum absolute atomic E-state index is 0.0949. The van der Waals surface area contributed by atoms with Gasteiger partial charge >= 0.3 is 0 Å². The summed E-state index contributed by atoms with van der Waals surface area (Å²) in [6, 6.07) is 0.0949. The van der Waals surface area contributed by atoms with Gasteiger partial charge in [-0.1, -0.05) is 12.1 Å². The fraction of sp³-hybridized carbons (Fsp3) is 0.778. The van der Waals surface area contributed by atoms with Gasteiger partial charge in [0.15, 0.2) is 5.82 Å². The fourth-order valence-electron chi connectivity index (χ4n) is 1.27. The summed E-state index contributed by atoms with van der Waals surface area (Å²) in [5.74, 6) is 1.52. The first-order valence-electron chi connectivity index (χ1n) is 4.69. The van der Waals surface area contributed by atoms with Crippen LogP contribution < -0.4 is 5.73 Å². The molecule has 1 aromatic rings. The standard InChI is InChI=1S/C9H15N3O/c1-6(10)5-7-11-8(13-12-7)9(2)3-4-9/h6H,3-5,10H2,1-2H3. The SMILES string of the molecule is CC(N)Cc1noc(C2(C)CC2)n1. The van der Waals surface area contributed by atoms with Crippen molar-refractivity contribution in [3.8, 4) is 0 Å². The van der Waals surface area contributed by atoms with Crippen molar-refractivity contribution in [2.75, 3.05) is 0 Å². The molecule has 2 N–H and O–H groups in total. The van der Waals surface area contributed by atoms with Crippen molar-refractivity contribution in [1.82, 2.24) is 10.1 Å². The zero-order chi connectivity index (χ0) is 9.47. The summed E-state index contributed by atoms with van der Waals surface area (Å²) in [6.45, 7) is 4.09. The maximum atomic E-state index is 5.64. The molecule has 1 saturated carbocycles. The molecular weight excluding hydrogens is 166 g/mol. The maximum Gasteiger partial charge on any atom is 0.232 e. The third-order valence-electron chi connectivity index (χ3n) is 2.49. The van der Waals surface area contributed by atoms with Gasteiger partial charge in [0.05, 0.1) is 0 Å². The zero-order valence-electron chi connectivity index (χ0n) is 8.08. The van der Waals surface area contributed by atoms with Crippen LogP contribution in [-0.2, 0) is 11.8 Å². The van der Waals surface area contributed by atoms with E-state index in [2.05, 4.69) is 17.1 Å². The first-order chi connectivity index (χ1) is 6.10. The molecule has 0 spiro atoms. The van der Waals surface area contributed by atoms with Crippen LogP contribution in [0.1, 0.15) is 38.4 Å². The van der Waals surface area contributed by atoms with Crippen LogP contribution >= 0.6 is 0 Å². The molecule has 0 saturated heterocycles. The highest BCUT2D eigenvalue weighted by Gasteiger charge is 2.44. The number of nitrogens with zero attached hydrogens (tertiary/aromatic N) is 2. The van der Waals surface area contributed by atoms with E-state index in [1.165, 1.54) is 0 Å². The van der Waals surface area contributed by atoms with Gasteiger partial charge in [0.1, 0.15) is 0 Å². The second-order valence-corrected chi connectivity index (χ2v) is 4.26. The summed E-state index contributed by atoms with van der Waals surface area (Å²) in [4.78, 5) is 4.33. The maximum absolute atomic E-state index is 5.64. The Morgan fingerprint density at radius 2 is 2.31 bits per heavy atom. The van der Waals surface area contributed by atoms with E-state index in [1.54, 1.807) is 0 Å². The molecule has 0 aromatic carbocycles. The lowest BCUT2D eigenvalue weighted by Gasteiger charge is -1.98. The van der Waals surface area contributed by atoms with Crippen molar-refractivity contribution in [1.29, 1.82) is 0 Å². The van der Waals surface area contributed by atoms with Gasteiger partial charge in [0.2, 0.25) is 5.89 Å². The van der Waals surface area contributed by atoms with Gasteiger partial charge in [-0.25, -0.2) is 0 Å². The molecule has 13 heavy (non-hydrogen) atoms. The van der Waals surface area contributed by atoms with E-state index in [4.69, 9.17) is 10.3 Å². The van der Waals surface area contributed by atoms with Gasteiger partial charge < -0.3 is 10.3 Å². The molecule has 1 heterocycles. The van der Waals surface area contributed by atoms with E-state index in [0.29, 0.717) is 6.42 Å². The highest BCUT2D eigenvalue weighted by Crippen LogP contribution is 2.46.